The smallest absolute Gasteiger partial charge is 0.191 e. The number of halogens is 1. The fourth-order valence-corrected chi connectivity index (χ4v) is 2.07. The summed E-state index contributed by atoms with van der Waals surface area (Å²) >= 11 is 0. The normalized spacial score (nSPS) is 12.4. The van der Waals surface area contributed by atoms with Crippen molar-refractivity contribution in [1.29, 1.82) is 0 Å². The predicted octanol–water partition coefficient (Wildman–Crippen LogP) is 2.93. The highest BCUT2D eigenvalue weighted by molar-refractivity contribution is 14.0. The zero-order chi connectivity index (χ0) is 16.2. The van der Waals surface area contributed by atoms with Gasteiger partial charge in [-0.15, -0.1) is 24.0 Å². The summed E-state index contributed by atoms with van der Waals surface area (Å²) in [4.78, 5) is 4.66. The Labute approximate surface area is 157 Å². The molecule has 0 saturated carbocycles. The van der Waals surface area contributed by atoms with Gasteiger partial charge in [0.1, 0.15) is 0 Å². The molecule has 0 spiro atoms. The first kappa shape index (κ1) is 22.1. The molecule has 1 aromatic carbocycles. The molecule has 132 valence electrons. The molecule has 0 aliphatic carbocycles. The van der Waals surface area contributed by atoms with E-state index in [1.807, 2.05) is 19.1 Å². The number of rotatable bonds is 9. The Morgan fingerprint density at radius 3 is 2.52 bits per heavy atom. The summed E-state index contributed by atoms with van der Waals surface area (Å²) in [6.45, 7) is 9.57. The molecule has 0 fully saturated rings. The number of ether oxygens (including phenoxy) is 2. The quantitative estimate of drug-likeness (QED) is 0.356. The van der Waals surface area contributed by atoms with Crippen LogP contribution in [0.2, 0.25) is 0 Å². The molecule has 2 N–H and O–H groups in total. The first-order chi connectivity index (χ1) is 10.7. The van der Waals surface area contributed by atoms with Crippen molar-refractivity contribution >= 4 is 29.9 Å². The van der Waals surface area contributed by atoms with E-state index in [1.165, 1.54) is 11.1 Å². The average molecular weight is 435 g/mol. The molecule has 0 heterocycles. The average Bonchev–Trinajstić information content (AvgIpc) is 2.52. The molecule has 5 nitrogen and oxygen atoms in total. The van der Waals surface area contributed by atoms with Crippen molar-refractivity contribution in [2.75, 3.05) is 26.9 Å². The third-order valence-corrected chi connectivity index (χ3v) is 3.13. The molecule has 1 atom stereocenters. The maximum Gasteiger partial charge on any atom is 0.191 e. The van der Waals surface area contributed by atoms with Gasteiger partial charge in [-0.25, -0.2) is 4.99 Å². The largest absolute Gasteiger partial charge is 0.383 e. The lowest BCUT2D eigenvalue weighted by Gasteiger charge is -2.17. The lowest BCUT2D eigenvalue weighted by Crippen LogP contribution is -2.43. The highest BCUT2D eigenvalue weighted by Crippen LogP contribution is 2.11. The van der Waals surface area contributed by atoms with Crippen LogP contribution in [0.15, 0.2) is 29.3 Å². The van der Waals surface area contributed by atoms with Crippen LogP contribution in [-0.4, -0.2) is 38.9 Å². The second kappa shape index (κ2) is 13.6. The number of aliphatic imine (C=N–C) groups is 1. The van der Waals surface area contributed by atoms with Crippen LogP contribution < -0.4 is 10.6 Å². The summed E-state index contributed by atoms with van der Waals surface area (Å²) in [7, 11) is 1.70. The van der Waals surface area contributed by atoms with Gasteiger partial charge in [-0.1, -0.05) is 24.3 Å². The van der Waals surface area contributed by atoms with E-state index < -0.39 is 0 Å². The van der Waals surface area contributed by atoms with E-state index in [9.17, 15) is 0 Å². The maximum absolute atomic E-state index is 5.51. The van der Waals surface area contributed by atoms with Crippen molar-refractivity contribution in [2.45, 2.75) is 40.0 Å². The highest BCUT2D eigenvalue weighted by Gasteiger charge is 2.06. The van der Waals surface area contributed by atoms with Gasteiger partial charge in [-0.3, -0.25) is 0 Å². The second-order valence-corrected chi connectivity index (χ2v) is 5.10. The lowest BCUT2D eigenvalue weighted by atomic mass is 10.1. The molecule has 0 radical (unpaired) electrons. The van der Waals surface area contributed by atoms with Crippen LogP contribution in [0.5, 0.6) is 0 Å². The summed E-state index contributed by atoms with van der Waals surface area (Å²) in [5.41, 5.74) is 2.38. The zero-order valence-electron chi connectivity index (χ0n) is 14.6. The first-order valence-corrected chi connectivity index (χ1v) is 7.89. The van der Waals surface area contributed by atoms with E-state index >= 15 is 0 Å². The second-order valence-electron chi connectivity index (χ2n) is 5.10. The Morgan fingerprint density at radius 2 is 1.91 bits per heavy atom. The third kappa shape index (κ3) is 9.12. The molecule has 0 amide bonds. The summed E-state index contributed by atoms with van der Waals surface area (Å²) in [5, 5.41) is 6.59. The molecule has 0 bridgehead atoms. The summed E-state index contributed by atoms with van der Waals surface area (Å²) < 4.78 is 10.7. The fourth-order valence-electron chi connectivity index (χ4n) is 2.07. The van der Waals surface area contributed by atoms with Crippen LogP contribution in [0.4, 0.5) is 0 Å². The van der Waals surface area contributed by atoms with Gasteiger partial charge in [0.2, 0.25) is 0 Å². The fraction of sp³-hybridized carbons (Fsp3) is 0.588. The van der Waals surface area contributed by atoms with E-state index in [-0.39, 0.29) is 30.0 Å². The monoisotopic (exact) mass is 435 g/mol. The maximum atomic E-state index is 5.51. The molecule has 1 rings (SSSR count). The predicted molar refractivity (Wildman–Crippen MR) is 106 cm³/mol. The van der Waals surface area contributed by atoms with Crippen LogP contribution in [-0.2, 0) is 22.6 Å². The molecule has 1 unspecified atom stereocenters. The molecule has 0 aliphatic heterocycles. The van der Waals surface area contributed by atoms with Gasteiger partial charge < -0.3 is 20.1 Å². The van der Waals surface area contributed by atoms with Crippen molar-refractivity contribution in [3.8, 4) is 0 Å². The van der Waals surface area contributed by atoms with Crippen LogP contribution in [0.3, 0.4) is 0 Å². The first-order valence-electron chi connectivity index (χ1n) is 7.89. The minimum atomic E-state index is 0. The summed E-state index contributed by atoms with van der Waals surface area (Å²) in [6, 6.07) is 8.47. The number of nitrogens with one attached hydrogen (secondary N) is 2. The van der Waals surface area contributed by atoms with E-state index in [2.05, 4.69) is 41.6 Å². The van der Waals surface area contributed by atoms with Gasteiger partial charge in [0, 0.05) is 26.3 Å². The van der Waals surface area contributed by atoms with Crippen LogP contribution in [0.1, 0.15) is 31.9 Å². The molecule has 0 saturated heterocycles. The number of hydrogen-bond donors (Lipinski definition) is 2. The summed E-state index contributed by atoms with van der Waals surface area (Å²) in [6.07, 6.45) is 0. The lowest BCUT2D eigenvalue weighted by molar-refractivity contribution is 0.133. The number of benzene rings is 1. The summed E-state index contributed by atoms with van der Waals surface area (Å²) in [5.74, 6) is 0.804. The van der Waals surface area contributed by atoms with E-state index in [4.69, 9.17) is 9.47 Å². The number of guanidine groups is 1. The Kier molecular flexibility index (Phi) is 13.1. The topological polar surface area (TPSA) is 54.9 Å². The number of methoxy groups -OCH3 is 1. The van der Waals surface area contributed by atoms with E-state index in [0.717, 1.165) is 19.1 Å². The standard InChI is InChI=1S/C17H29N3O2.HI/c1-5-18-17(20-14(3)12-21-4)19-11-15-9-7-8-10-16(15)13-22-6-2;/h7-10,14H,5-6,11-13H2,1-4H3,(H2,18,19,20);1H. The van der Waals surface area contributed by atoms with Gasteiger partial charge in [-0.2, -0.15) is 0 Å². The SMILES string of the molecule is CCNC(=NCc1ccccc1COCC)NC(C)COC.I. The van der Waals surface area contributed by atoms with Crippen LogP contribution >= 0.6 is 24.0 Å². The van der Waals surface area contributed by atoms with Gasteiger partial charge >= 0.3 is 0 Å². The van der Waals surface area contributed by atoms with Crippen molar-refractivity contribution in [3.63, 3.8) is 0 Å². The third-order valence-electron chi connectivity index (χ3n) is 3.13. The van der Waals surface area contributed by atoms with Gasteiger partial charge in [-0.05, 0) is 31.9 Å². The molecule has 23 heavy (non-hydrogen) atoms. The van der Waals surface area contributed by atoms with Crippen molar-refractivity contribution in [3.05, 3.63) is 35.4 Å². The van der Waals surface area contributed by atoms with Crippen molar-refractivity contribution in [2.24, 2.45) is 4.99 Å². The number of nitrogens with zero attached hydrogens (tertiary/aromatic N) is 1. The Morgan fingerprint density at radius 1 is 1.22 bits per heavy atom. The molecular formula is C17H30IN3O2. The Bertz CT molecular complexity index is 455. The van der Waals surface area contributed by atoms with Gasteiger partial charge in [0.05, 0.1) is 19.8 Å². The zero-order valence-corrected chi connectivity index (χ0v) is 16.9. The number of hydrogen-bond acceptors (Lipinski definition) is 3. The minimum Gasteiger partial charge on any atom is -0.383 e. The van der Waals surface area contributed by atoms with Crippen LogP contribution in [0, 0.1) is 0 Å². The molecule has 1 aromatic rings. The Balaban J connectivity index is 0.00000484. The Hall–Kier alpha value is -0.860. The highest BCUT2D eigenvalue weighted by atomic mass is 127. The van der Waals surface area contributed by atoms with E-state index in [0.29, 0.717) is 19.8 Å². The van der Waals surface area contributed by atoms with Crippen molar-refractivity contribution < 1.29 is 9.47 Å². The minimum absolute atomic E-state index is 0. The van der Waals surface area contributed by atoms with Crippen molar-refractivity contribution in [1.82, 2.24) is 10.6 Å². The molecule has 0 aliphatic rings. The van der Waals surface area contributed by atoms with E-state index in [1.54, 1.807) is 7.11 Å². The van der Waals surface area contributed by atoms with Gasteiger partial charge in [0.25, 0.3) is 0 Å². The molecule has 6 heteroatoms. The molecular weight excluding hydrogens is 405 g/mol. The van der Waals surface area contributed by atoms with Crippen LogP contribution in [0.25, 0.3) is 0 Å². The van der Waals surface area contributed by atoms with Gasteiger partial charge in [0.15, 0.2) is 5.96 Å². The molecule has 0 aromatic heterocycles.